The van der Waals surface area contributed by atoms with E-state index in [1.807, 2.05) is 43.1 Å². The third-order valence-corrected chi connectivity index (χ3v) is 4.45. The first-order valence-corrected chi connectivity index (χ1v) is 8.27. The molecule has 0 aliphatic heterocycles. The molecule has 0 unspecified atom stereocenters. The maximum Gasteiger partial charge on any atom is 0.231 e. The number of aromatic nitrogens is 2. The second-order valence-corrected chi connectivity index (χ2v) is 6.35. The minimum Gasteiger partial charge on any atom is -0.367 e. The normalized spacial score (nSPS) is 20.0. The van der Waals surface area contributed by atoms with Gasteiger partial charge >= 0.3 is 0 Å². The van der Waals surface area contributed by atoms with Gasteiger partial charge in [0.25, 0.3) is 0 Å². The molecule has 0 amide bonds. The molecule has 0 radical (unpaired) electrons. The molecule has 1 saturated carbocycles. The number of hydrogen-bond donors (Lipinski definition) is 2. The predicted octanol–water partition coefficient (Wildman–Crippen LogP) is 3.09. The fourth-order valence-corrected chi connectivity index (χ4v) is 3.08. The summed E-state index contributed by atoms with van der Waals surface area (Å²) in [7, 11) is 1.99. The van der Waals surface area contributed by atoms with Crippen molar-refractivity contribution in [3.05, 3.63) is 42.1 Å². The second kappa shape index (κ2) is 6.96. The Labute approximate surface area is 137 Å². The summed E-state index contributed by atoms with van der Waals surface area (Å²) in [5.74, 6) is 2.40. The highest BCUT2D eigenvalue weighted by atomic mass is 15.3. The zero-order valence-corrected chi connectivity index (χ0v) is 13.9. The van der Waals surface area contributed by atoms with Crippen LogP contribution in [-0.4, -0.2) is 29.6 Å². The molecule has 0 bridgehead atoms. The van der Waals surface area contributed by atoms with Crippen LogP contribution in [0.4, 0.5) is 17.5 Å². The molecule has 1 aromatic carbocycles. The SMILES string of the molecule is Cc1cc(NC2CC(CCN)C2)nc(N(C)c2ccccc2)n1. The Hall–Kier alpha value is -2.14. The van der Waals surface area contributed by atoms with Gasteiger partial charge in [-0.1, -0.05) is 18.2 Å². The number of nitrogens with one attached hydrogen (secondary N) is 1. The fourth-order valence-electron chi connectivity index (χ4n) is 3.08. The van der Waals surface area contributed by atoms with Gasteiger partial charge in [0.1, 0.15) is 5.82 Å². The first-order valence-electron chi connectivity index (χ1n) is 8.27. The summed E-state index contributed by atoms with van der Waals surface area (Å²) in [4.78, 5) is 11.3. The van der Waals surface area contributed by atoms with Gasteiger partial charge in [-0.15, -0.1) is 0 Å². The standard InChI is InChI=1S/C18H25N5/c1-13-10-17(21-15-11-14(12-15)8-9-19)22-18(20-13)23(2)16-6-4-3-5-7-16/h3-7,10,14-15H,8-9,11-12,19H2,1-2H3,(H,20,21,22). The van der Waals surface area contributed by atoms with Crippen molar-refractivity contribution in [3.63, 3.8) is 0 Å². The number of anilines is 3. The highest BCUT2D eigenvalue weighted by Crippen LogP contribution is 2.32. The van der Waals surface area contributed by atoms with Crippen LogP contribution in [0.15, 0.2) is 36.4 Å². The Morgan fingerprint density at radius 2 is 1.96 bits per heavy atom. The van der Waals surface area contributed by atoms with Crippen LogP contribution in [0, 0.1) is 12.8 Å². The van der Waals surface area contributed by atoms with Crippen molar-refractivity contribution in [1.29, 1.82) is 0 Å². The minimum absolute atomic E-state index is 0.510. The first-order chi connectivity index (χ1) is 11.2. The molecule has 5 heteroatoms. The molecule has 1 heterocycles. The van der Waals surface area contributed by atoms with Gasteiger partial charge in [-0.05, 0) is 50.8 Å². The zero-order valence-electron chi connectivity index (χ0n) is 13.9. The summed E-state index contributed by atoms with van der Waals surface area (Å²) in [6.45, 7) is 2.79. The summed E-state index contributed by atoms with van der Waals surface area (Å²) in [6.07, 6.45) is 3.50. The Kier molecular flexibility index (Phi) is 4.76. The summed E-state index contributed by atoms with van der Waals surface area (Å²) < 4.78 is 0. The molecule has 1 aromatic heterocycles. The lowest BCUT2D eigenvalue weighted by molar-refractivity contribution is 0.269. The van der Waals surface area contributed by atoms with E-state index in [-0.39, 0.29) is 0 Å². The molecule has 3 N–H and O–H groups in total. The van der Waals surface area contributed by atoms with Crippen molar-refractivity contribution in [3.8, 4) is 0 Å². The average Bonchev–Trinajstić information content (AvgIpc) is 2.52. The number of nitrogens with two attached hydrogens (primary N) is 1. The van der Waals surface area contributed by atoms with Gasteiger partial charge < -0.3 is 16.0 Å². The van der Waals surface area contributed by atoms with E-state index in [0.29, 0.717) is 6.04 Å². The van der Waals surface area contributed by atoms with Crippen molar-refractivity contribution in [2.24, 2.45) is 11.7 Å². The van der Waals surface area contributed by atoms with E-state index >= 15 is 0 Å². The van der Waals surface area contributed by atoms with Crippen molar-refractivity contribution >= 4 is 17.5 Å². The Bertz CT molecular complexity index is 637. The smallest absolute Gasteiger partial charge is 0.231 e. The van der Waals surface area contributed by atoms with Crippen LogP contribution >= 0.6 is 0 Å². The van der Waals surface area contributed by atoms with Gasteiger partial charge in [-0.3, -0.25) is 0 Å². The predicted molar refractivity (Wildman–Crippen MR) is 95.1 cm³/mol. The van der Waals surface area contributed by atoms with E-state index in [1.165, 1.54) is 12.8 Å². The van der Waals surface area contributed by atoms with Crippen LogP contribution in [0.25, 0.3) is 0 Å². The lowest BCUT2D eigenvalue weighted by Crippen LogP contribution is -2.36. The quantitative estimate of drug-likeness (QED) is 0.858. The molecule has 1 aliphatic rings. The monoisotopic (exact) mass is 311 g/mol. The van der Waals surface area contributed by atoms with Crippen LogP contribution < -0.4 is 16.0 Å². The number of rotatable bonds is 6. The summed E-state index contributed by atoms with van der Waals surface area (Å²) >= 11 is 0. The zero-order chi connectivity index (χ0) is 16.2. The second-order valence-electron chi connectivity index (χ2n) is 6.35. The van der Waals surface area contributed by atoms with E-state index in [1.54, 1.807) is 0 Å². The third-order valence-electron chi connectivity index (χ3n) is 4.45. The number of nitrogens with zero attached hydrogens (tertiary/aromatic N) is 3. The molecule has 2 aromatic rings. The van der Waals surface area contributed by atoms with Crippen molar-refractivity contribution < 1.29 is 0 Å². The van der Waals surface area contributed by atoms with Gasteiger partial charge in [-0.25, -0.2) is 4.98 Å². The maximum atomic E-state index is 5.62. The first kappa shape index (κ1) is 15.7. The van der Waals surface area contributed by atoms with E-state index < -0.39 is 0 Å². The topological polar surface area (TPSA) is 67.1 Å². The van der Waals surface area contributed by atoms with Gasteiger partial charge in [0, 0.05) is 30.5 Å². The molecule has 23 heavy (non-hydrogen) atoms. The number of aryl methyl sites for hydroxylation is 1. The molecule has 1 fully saturated rings. The van der Waals surface area contributed by atoms with E-state index in [9.17, 15) is 0 Å². The van der Waals surface area contributed by atoms with Gasteiger partial charge in [0.05, 0.1) is 0 Å². The van der Waals surface area contributed by atoms with E-state index in [2.05, 4.69) is 27.4 Å². The minimum atomic E-state index is 0.510. The van der Waals surface area contributed by atoms with E-state index in [0.717, 1.165) is 42.0 Å². The van der Waals surface area contributed by atoms with Gasteiger partial charge in [0.2, 0.25) is 5.95 Å². The van der Waals surface area contributed by atoms with Crippen LogP contribution in [0.3, 0.4) is 0 Å². The lowest BCUT2D eigenvalue weighted by Gasteiger charge is -2.36. The highest BCUT2D eigenvalue weighted by molar-refractivity contribution is 5.57. The molecular weight excluding hydrogens is 286 g/mol. The van der Waals surface area contributed by atoms with Crippen molar-refractivity contribution in [2.75, 3.05) is 23.8 Å². The van der Waals surface area contributed by atoms with E-state index in [4.69, 9.17) is 5.73 Å². The van der Waals surface area contributed by atoms with Crippen LogP contribution in [0.2, 0.25) is 0 Å². The summed E-state index contributed by atoms with van der Waals surface area (Å²) in [5.41, 5.74) is 7.67. The molecule has 0 saturated heterocycles. The van der Waals surface area contributed by atoms with Gasteiger partial charge in [0.15, 0.2) is 0 Å². The molecule has 5 nitrogen and oxygen atoms in total. The largest absolute Gasteiger partial charge is 0.367 e. The average molecular weight is 311 g/mol. The molecule has 0 spiro atoms. The molecule has 122 valence electrons. The molecule has 3 rings (SSSR count). The summed E-state index contributed by atoms with van der Waals surface area (Å²) in [5, 5.41) is 3.54. The van der Waals surface area contributed by atoms with Crippen molar-refractivity contribution in [1.82, 2.24) is 9.97 Å². The third kappa shape index (κ3) is 3.79. The molecule has 0 atom stereocenters. The number of para-hydroxylation sites is 1. The number of hydrogen-bond acceptors (Lipinski definition) is 5. The Morgan fingerprint density at radius 3 is 2.65 bits per heavy atom. The summed E-state index contributed by atoms with van der Waals surface area (Å²) in [6, 6.07) is 12.7. The van der Waals surface area contributed by atoms with Crippen LogP contribution in [0.1, 0.15) is 25.0 Å². The maximum absolute atomic E-state index is 5.62. The van der Waals surface area contributed by atoms with Crippen molar-refractivity contribution in [2.45, 2.75) is 32.2 Å². The lowest BCUT2D eigenvalue weighted by atomic mass is 9.78. The molecular formula is C18H25N5. The Morgan fingerprint density at radius 1 is 1.22 bits per heavy atom. The fraction of sp³-hybridized carbons (Fsp3) is 0.444. The van der Waals surface area contributed by atoms with Crippen LogP contribution in [0.5, 0.6) is 0 Å². The highest BCUT2D eigenvalue weighted by Gasteiger charge is 2.28. The Balaban J connectivity index is 1.70. The number of benzene rings is 1. The van der Waals surface area contributed by atoms with Crippen LogP contribution in [-0.2, 0) is 0 Å². The molecule has 1 aliphatic carbocycles. The van der Waals surface area contributed by atoms with Gasteiger partial charge in [-0.2, -0.15) is 4.98 Å².